The Morgan fingerprint density at radius 3 is 1.66 bits per heavy atom. The average molecular weight is 722 g/mol. The zero-order valence-electron chi connectivity index (χ0n) is 31.5. The molecule has 9 atom stereocenters. The van der Waals surface area contributed by atoms with Gasteiger partial charge in [0.2, 0.25) is 6.29 Å². The summed E-state index contributed by atoms with van der Waals surface area (Å²) in [6.45, 7) is 6.47. The number of hydrogen-bond acceptors (Lipinski definition) is 14. The topological polar surface area (TPSA) is 205 Å². The number of aliphatic hydroxyl groups is 4. The van der Waals surface area contributed by atoms with Crippen molar-refractivity contribution in [3.05, 3.63) is 0 Å². The Bertz CT molecular complexity index is 984. The van der Waals surface area contributed by atoms with E-state index in [1.54, 1.807) is 0 Å². The highest BCUT2D eigenvalue weighted by atomic mass is 16.8. The van der Waals surface area contributed by atoms with E-state index in [0.29, 0.717) is 25.7 Å². The lowest BCUT2D eigenvalue weighted by molar-refractivity contribution is -0.348. The molecule has 1 heterocycles. The second-order valence-corrected chi connectivity index (χ2v) is 12.7. The smallest absolute Gasteiger partial charge is 0.306 e. The maximum absolute atomic E-state index is 13.3. The summed E-state index contributed by atoms with van der Waals surface area (Å²) < 4.78 is 42.9. The van der Waals surface area contributed by atoms with E-state index in [9.17, 15) is 39.6 Å². The molecular formula is C36H64O14. The highest BCUT2D eigenvalue weighted by molar-refractivity contribution is 5.72. The molecule has 0 aromatic carbocycles. The lowest BCUT2D eigenvalue weighted by Gasteiger charge is -2.45. The maximum Gasteiger partial charge on any atom is 0.306 e. The zero-order chi connectivity index (χ0) is 38.2. The fourth-order valence-electron chi connectivity index (χ4n) is 5.24. The fourth-order valence-corrected chi connectivity index (χ4v) is 5.24. The number of esters is 4. The molecule has 0 radical (unpaired) electrons. The van der Waals surface area contributed by atoms with Gasteiger partial charge in [-0.2, -0.15) is 0 Å². The molecule has 0 aliphatic carbocycles. The first kappa shape index (κ1) is 43.8. The van der Waals surface area contributed by atoms with E-state index in [-0.39, 0.29) is 25.7 Å². The fraction of sp³-hybridized carbons (Fsp3) is 0.889. The van der Waals surface area contributed by atoms with Gasteiger partial charge in [0.05, 0.1) is 6.61 Å². The Kier molecular flexibility index (Phi) is 23.9. The van der Waals surface area contributed by atoms with Crippen molar-refractivity contribution < 1.29 is 69.4 Å². The molecule has 3 unspecified atom stereocenters. The third-order valence-electron chi connectivity index (χ3n) is 8.26. The Labute approximate surface area is 298 Å². The van der Waals surface area contributed by atoms with Crippen LogP contribution in [0.1, 0.15) is 145 Å². The van der Waals surface area contributed by atoms with Crippen molar-refractivity contribution in [1.29, 1.82) is 0 Å². The largest absolute Gasteiger partial charge is 0.463 e. The quantitative estimate of drug-likeness (QED) is 0.0388. The summed E-state index contributed by atoms with van der Waals surface area (Å²) in [4.78, 5) is 52.3. The van der Waals surface area contributed by atoms with Crippen molar-refractivity contribution >= 4 is 23.9 Å². The van der Waals surface area contributed by atoms with Gasteiger partial charge in [-0.1, -0.05) is 91.9 Å². The van der Waals surface area contributed by atoms with E-state index >= 15 is 0 Å². The molecule has 292 valence electrons. The Morgan fingerprint density at radius 2 is 1.12 bits per heavy atom. The van der Waals surface area contributed by atoms with Gasteiger partial charge in [0.15, 0.2) is 24.6 Å². The molecule has 1 aliphatic heterocycles. The van der Waals surface area contributed by atoms with Crippen LogP contribution in [0.2, 0.25) is 0 Å². The number of hydrogen-bond donors (Lipinski definition) is 4. The van der Waals surface area contributed by atoms with Crippen molar-refractivity contribution in [3.8, 4) is 0 Å². The molecule has 1 fully saturated rings. The molecule has 14 heteroatoms. The third kappa shape index (κ3) is 18.2. The summed E-state index contributed by atoms with van der Waals surface area (Å²) in [5, 5.41) is 40.3. The number of unbranched alkanes of at least 4 members (excludes halogenated alkanes) is 9. The van der Waals surface area contributed by atoms with Crippen LogP contribution < -0.4 is 0 Å². The van der Waals surface area contributed by atoms with Gasteiger partial charge < -0.3 is 48.8 Å². The lowest BCUT2D eigenvalue weighted by Crippen LogP contribution is -2.64. The second kappa shape index (κ2) is 27.3. The van der Waals surface area contributed by atoms with Crippen molar-refractivity contribution in [2.75, 3.05) is 13.2 Å². The summed E-state index contributed by atoms with van der Waals surface area (Å²) in [6.07, 6.45) is -5.81. The van der Waals surface area contributed by atoms with Crippen LogP contribution in [0.15, 0.2) is 0 Å². The Morgan fingerprint density at radius 1 is 0.640 bits per heavy atom. The molecule has 1 aliphatic rings. The van der Waals surface area contributed by atoms with Crippen LogP contribution in [0.25, 0.3) is 0 Å². The molecule has 50 heavy (non-hydrogen) atoms. The van der Waals surface area contributed by atoms with E-state index in [0.717, 1.165) is 57.8 Å². The molecule has 1 rings (SSSR count). The maximum atomic E-state index is 13.3. The van der Waals surface area contributed by atoms with Crippen LogP contribution in [-0.4, -0.2) is 107 Å². The normalized spacial score (nSPS) is 23.2. The van der Waals surface area contributed by atoms with E-state index < -0.39 is 92.7 Å². The summed E-state index contributed by atoms with van der Waals surface area (Å²) in [5.41, 5.74) is 0. The summed E-state index contributed by atoms with van der Waals surface area (Å²) in [7, 11) is 0. The van der Waals surface area contributed by atoms with Gasteiger partial charge >= 0.3 is 23.9 Å². The van der Waals surface area contributed by atoms with Crippen LogP contribution in [0.3, 0.4) is 0 Å². The Hall–Kier alpha value is -2.36. The highest BCUT2D eigenvalue weighted by Gasteiger charge is 2.54. The van der Waals surface area contributed by atoms with Gasteiger partial charge in [0.1, 0.15) is 24.9 Å². The lowest BCUT2D eigenvalue weighted by atomic mass is 9.97. The van der Waals surface area contributed by atoms with Crippen molar-refractivity contribution in [1.82, 2.24) is 0 Å². The van der Waals surface area contributed by atoms with E-state index in [4.69, 9.17) is 29.8 Å². The van der Waals surface area contributed by atoms with E-state index in [1.165, 1.54) is 0 Å². The first-order chi connectivity index (χ1) is 24.4. The number of rotatable bonds is 28. The summed E-state index contributed by atoms with van der Waals surface area (Å²) in [6, 6.07) is 0. The van der Waals surface area contributed by atoms with Gasteiger partial charge in [0, 0.05) is 27.0 Å². The molecule has 1 saturated heterocycles. The number of carbonyl (C=O) groups excluding carboxylic acids is 4. The van der Waals surface area contributed by atoms with Crippen LogP contribution >= 0.6 is 0 Å². The van der Waals surface area contributed by atoms with Gasteiger partial charge in [-0.05, 0) is 25.7 Å². The summed E-state index contributed by atoms with van der Waals surface area (Å²) >= 11 is 0. The standard InChI is InChI=1S/C36H64O14/c1-5-9-13-14-18-22-30(42)49-34-33(48-29(41)21-17-12-8-4)32(47-28(40)20-16-11-7-3)26(24-45-27(39)19-15-10-6-2)46-36(34)50-35(44)31(43)25(38)23-37/h25-26,31-38,43-44H,5-24H2,1-4H3/t25-,26+,31-,32+,33-,34-,35?,36?/m0/s1/i22D/t22?,25-,26+,31-,32+,33-,34-,35?,36?. The average Bonchev–Trinajstić information content (AvgIpc) is 3.11. The molecule has 0 spiro atoms. The molecule has 14 nitrogen and oxygen atoms in total. The highest BCUT2D eigenvalue weighted by Crippen LogP contribution is 2.32. The summed E-state index contributed by atoms with van der Waals surface area (Å²) in [5.74, 6) is -3.00. The minimum atomic E-state index is -2.23. The monoisotopic (exact) mass is 721 g/mol. The third-order valence-corrected chi connectivity index (χ3v) is 8.26. The second-order valence-electron chi connectivity index (χ2n) is 12.7. The number of carbonyl (C=O) groups is 4. The molecule has 0 aromatic rings. The first-order valence-electron chi connectivity index (χ1n) is 19.1. The van der Waals surface area contributed by atoms with Gasteiger partial charge in [0.25, 0.3) is 0 Å². The van der Waals surface area contributed by atoms with Gasteiger partial charge in [-0.3, -0.25) is 19.2 Å². The van der Waals surface area contributed by atoms with E-state index in [2.05, 4.69) is 0 Å². The molecule has 0 saturated carbocycles. The predicted molar refractivity (Wildman–Crippen MR) is 181 cm³/mol. The van der Waals surface area contributed by atoms with Crippen molar-refractivity contribution in [2.24, 2.45) is 0 Å². The van der Waals surface area contributed by atoms with Crippen molar-refractivity contribution in [2.45, 2.75) is 192 Å². The van der Waals surface area contributed by atoms with Crippen LogP contribution in [0.5, 0.6) is 0 Å². The number of ether oxygens (including phenoxy) is 6. The SMILES string of the molecule is [2H]C(CCCCCC)C(=O)O[C@@H]1C(OC(O)[C@@H](O)[C@@H](O)CO)O[C@H](COC(=O)CCCCC)[C@@H](OC(=O)CCCCC)[C@@H]1OC(=O)CCCCC. The van der Waals surface area contributed by atoms with Gasteiger partial charge in [-0.25, -0.2) is 0 Å². The molecule has 0 aromatic heterocycles. The Balaban J connectivity index is 3.62. The molecule has 4 N–H and O–H groups in total. The predicted octanol–water partition coefficient (Wildman–Crippen LogP) is 4.14. The molecular weight excluding hydrogens is 656 g/mol. The van der Waals surface area contributed by atoms with E-state index in [1.807, 2.05) is 27.7 Å². The van der Waals surface area contributed by atoms with Gasteiger partial charge in [-0.15, -0.1) is 0 Å². The van der Waals surface area contributed by atoms with Crippen LogP contribution in [0.4, 0.5) is 0 Å². The minimum Gasteiger partial charge on any atom is -0.463 e. The molecule has 0 amide bonds. The van der Waals surface area contributed by atoms with Crippen molar-refractivity contribution in [3.63, 3.8) is 0 Å². The molecule has 0 bridgehead atoms. The first-order valence-corrected chi connectivity index (χ1v) is 18.6. The zero-order valence-corrected chi connectivity index (χ0v) is 30.5. The van der Waals surface area contributed by atoms with Crippen LogP contribution in [-0.2, 0) is 47.6 Å². The van der Waals surface area contributed by atoms with Crippen LogP contribution in [0, 0.1) is 0 Å². The number of aliphatic hydroxyl groups excluding tert-OH is 4. The minimum absolute atomic E-state index is 0.00588.